The third-order valence-corrected chi connectivity index (χ3v) is 2.72. The summed E-state index contributed by atoms with van der Waals surface area (Å²) in [6.45, 7) is 2.07. The largest absolute Gasteiger partial charge is 0.321 e. The van der Waals surface area contributed by atoms with Crippen LogP contribution in [0.15, 0.2) is 41.2 Å². The number of aromatic nitrogens is 1. The molecule has 0 radical (unpaired) electrons. The summed E-state index contributed by atoms with van der Waals surface area (Å²) in [7, 11) is 0. The van der Waals surface area contributed by atoms with Gasteiger partial charge in [-0.2, -0.15) is 5.26 Å². The number of nitrogens with zero attached hydrogens (tertiary/aromatic N) is 1. The molecule has 3 nitrogen and oxygen atoms in total. The van der Waals surface area contributed by atoms with Crippen molar-refractivity contribution in [2.24, 2.45) is 0 Å². The molecule has 1 N–H and O–H groups in total. The lowest BCUT2D eigenvalue weighted by Crippen LogP contribution is -2.10. The van der Waals surface area contributed by atoms with Gasteiger partial charge in [-0.05, 0) is 24.1 Å². The van der Waals surface area contributed by atoms with Crippen LogP contribution in [0.25, 0.3) is 11.3 Å². The Bertz CT molecular complexity index is 635. The first-order chi connectivity index (χ1) is 8.26. The molecule has 0 aliphatic heterocycles. The maximum atomic E-state index is 11.6. The summed E-state index contributed by atoms with van der Waals surface area (Å²) in [6, 6.07) is 13.1. The molecule has 0 atom stereocenters. The van der Waals surface area contributed by atoms with E-state index in [9.17, 15) is 4.79 Å². The molecule has 0 bridgehead atoms. The number of hydrogen-bond donors (Lipinski definition) is 1. The molecule has 3 heteroatoms. The van der Waals surface area contributed by atoms with E-state index in [-0.39, 0.29) is 11.1 Å². The Morgan fingerprint density at radius 2 is 2.00 bits per heavy atom. The molecule has 0 spiro atoms. The third kappa shape index (κ3) is 2.11. The Morgan fingerprint density at radius 1 is 1.24 bits per heavy atom. The zero-order valence-electron chi connectivity index (χ0n) is 9.53. The summed E-state index contributed by atoms with van der Waals surface area (Å²) < 4.78 is 0. The molecule has 2 aromatic rings. The van der Waals surface area contributed by atoms with Crippen molar-refractivity contribution in [2.45, 2.75) is 13.3 Å². The molecule has 0 unspecified atom stereocenters. The van der Waals surface area contributed by atoms with E-state index in [1.54, 1.807) is 12.1 Å². The molecule has 17 heavy (non-hydrogen) atoms. The number of nitriles is 1. The average molecular weight is 224 g/mol. The second kappa shape index (κ2) is 4.67. The Labute approximate surface area is 99.4 Å². The molecule has 84 valence electrons. The number of hydrogen-bond acceptors (Lipinski definition) is 2. The van der Waals surface area contributed by atoms with Crippen LogP contribution in [0.3, 0.4) is 0 Å². The second-order valence-electron chi connectivity index (χ2n) is 3.74. The SMILES string of the molecule is CCc1ccccc1-c1ccc(C#N)c(=O)[nH]1. The lowest BCUT2D eigenvalue weighted by molar-refractivity contribution is 1.13. The number of H-pyrrole nitrogens is 1. The van der Waals surface area contributed by atoms with Gasteiger partial charge in [-0.15, -0.1) is 0 Å². The zero-order valence-corrected chi connectivity index (χ0v) is 9.53. The predicted molar refractivity (Wildman–Crippen MR) is 66.6 cm³/mol. The fourth-order valence-electron chi connectivity index (χ4n) is 1.81. The number of nitrogens with one attached hydrogen (secondary N) is 1. The van der Waals surface area contributed by atoms with E-state index in [1.165, 1.54) is 5.56 Å². The topological polar surface area (TPSA) is 56.6 Å². The minimum atomic E-state index is -0.337. The summed E-state index contributed by atoms with van der Waals surface area (Å²) in [5, 5.41) is 8.71. The minimum absolute atomic E-state index is 0.141. The highest BCUT2D eigenvalue weighted by molar-refractivity contribution is 5.63. The highest BCUT2D eigenvalue weighted by Gasteiger charge is 2.05. The number of rotatable bonds is 2. The van der Waals surface area contributed by atoms with Crippen molar-refractivity contribution in [1.29, 1.82) is 5.26 Å². The molecule has 0 fully saturated rings. The van der Waals surface area contributed by atoms with Crippen molar-refractivity contribution in [3.05, 3.63) is 57.9 Å². The standard InChI is InChI=1S/C14H12N2O/c1-2-10-5-3-4-6-12(10)13-8-7-11(9-15)14(17)16-13/h3-8H,2H2,1H3,(H,16,17). The Kier molecular flexibility index (Phi) is 3.06. The van der Waals surface area contributed by atoms with E-state index < -0.39 is 0 Å². The molecule has 0 aliphatic rings. The molecule has 0 saturated carbocycles. The monoisotopic (exact) mass is 224 g/mol. The average Bonchev–Trinajstić information content (AvgIpc) is 2.38. The first-order valence-corrected chi connectivity index (χ1v) is 5.48. The number of pyridine rings is 1. The highest BCUT2D eigenvalue weighted by Crippen LogP contribution is 2.21. The number of aromatic amines is 1. The lowest BCUT2D eigenvalue weighted by atomic mass is 10.0. The normalized spacial score (nSPS) is 9.88. The summed E-state index contributed by atoms with van der Waals surface area (Å²) in [6.07, 6.45) is 0.901. The third-order valence-electron chi connectivity index (χ3n) is 2.72. The molecule has 2 rings (SSSR count). The molecular weight excluding hydrogens is 212 g/mol. The molecule has 0 amide bonds. The van der Waals surface area contributed by atoms with Gasteiger partial charge in [0.2, 0.25) is 0 Å². The Morgan fingerprint density at radius 3 is 2.65 bits per heavy atom. The fraction of sp³-hybridized carbons (Fsp3) is 0.143. The molecule has 0 saturated heterocycles. The van der Waals surface area contributed by atoms with E-state index >= 15 is 0 Å². The predicted octanol–water partition coefficient (Wildman–Crippen LogP) is 2.48. The van der Waals surface area contributed by atoms with Crippen LogP contribution in [0.1, 0.15) is 18.1 Å². The van der Waals surface area contributed by atoms with Gasteiger partial charge in [0.15, 0.2) is 0 Å². The van der Waals surface area contributed by atoms with Crippen molar-refractivity contribution >= 4 is 0 Å². The minimum Gasteiger partial charge on any atom is -0.321 e. The molecular formula is C14H12N2O. The molecule has 1 aromatic heterocycles. The highest BCUT2D eigenvalue weighted by atomic mass is 16.1. The molecule has 0 aliphatic carbocycles. The van der Waals surface area contributed by atoms with Gasteiger partial charge >= 0.3 is 0 Å². The Hall–Kier alpha value is -2.34. The van der Waals surface area contributed by atoms with Gasteiger partial charge in [0.05, 0.1) is 0 Å². The lowest BCUT2D eigenvalue weighted by Gasteiger charge is -2.07. The van der Waals surface area contributed by atoms with Crippen LogP contribution < -0.4 is 5.56 Å². The molecule has 1 heterocycles. The van der Waals surface area contributed by atoms with Gasteiger partial charge < -0.3 is 4.98 Å². The van der Waals surface area contributed by atoms with E-state index in [2.05, 4.69) is 11.9 Å². The maximum absolute atomic E-state index is 11.6. The van der Waals surface area contributed by atoms with Gasteiger partial charge in [0, 0.05) is 11.3 Å². The van der Waals surface area contributed by atoms with Crippen LogP contribution in [0, 0.1) is 11.3 Å². The van der Waals surface area contributed by atoms with Crippen LogP contribution in [0.5, 0.6) is 0 Å². The van der Waals surface area contributed by atoms with Gasteiger partial charge in [-0.1, -0.05) is 31.2 Å². The van der Waals surface area contributed by atoms with Crippen molar-refractivity contribution in [1.82, 2.24) is 4.98 Å². The van der Waals surface area contributed by atoms with Crippen molar-refractivity contribution in [2.75, 3.05) is 0 Å². The maximum Gasteiger partial charge on any atom is 0.266 e. The summed E-state index contributed by atoms with van der Waals surface area (Å²) in [4.78, 5) is 14.3. The first kappa shape index (κ1) is 11.2. The van der Waals surface area contributed by atoms with E-state index in [0.717, 1.165) is 17.7 Å². The zero-order chi connectivity index (χ0) is 12.3. The van der Waals surface area contributed by atoms with Gasteiger partial charge in [0.25, 0.3) is 5.56 Å². The second-order valence-corrected chi connectivity index (χ2v) is 3.74. The van der Waals surface area contributed by atoms with Crippen LogP contribution in [-0.4, -0.2) is 4.98 Å². The van der Waals surface area contributed by atoms with Crippen molar-refractivity contribution in [3.63, 3.8) is 0 Å². The summed E-state index contributed by atoms with van der Waals surface area (Å²) in [5.74, 6) is 0. The van der Waals surface area contributed by atoms with Crippen LogP contribution in [-0.2, 0) is 6.42 Å². The number of aryl methyl sites for hydroxylation is 1. The van der Waals surface area contributed by atoms with Crippen molar-refractivity contribution < 1.29 is 0 Å². The number of benzene rings is 1. The van der Waals surface area contributed by atoms with E-state index in [0.29, 0.717) is 0 Å². The van der Waals surface area contributed by atoms with Crippen LogP contribution in [0.4, 0.5) is 0 Å². The summed E-state index contributed by atoms with van der Waals surface area (Å²) in [5.41, 5.74) is 2.74. The summed E-state index contributed by atoms with van der Waals surface area (Å²) >= 11 is 0. The van der Waals surface area contributed by atoms with Crippen LogP contribution in [0.2, 0.25) is 0 Å². The first-order valence-electron chi connectivity index (χ1n) is 5.48. The molecule has 1 aromatic carbocycles. The van der Waals surface area contributed by atoms with Gasteiger partial charge in [-0.25, -0.2) is 0 Å². The fourth-order valence-corrected chi connectivity index (χ4v) is 1.81. The smallest absolute Gasteiger partial charge is 0.266 e. The van der Waals surface area contributed by atoms with E-state index in [1.807, 2.05) is 30.3 Å². The van der Waals surface area contributed by atoms with E-state index in [4.69, 9.17) is 5.26 Å². The van der Waals surface area contributed by atoms with Gasteiger partial charge in [-0.3, -0.25) is 4.79 Å². The Balaban J connectivity index is 2.58. The van der Waals surface area contributed by atoms with Crippen LogP contribution >= 0.6 is 0 Å². The van der Waals surface area contributed by atoms with Gasteiger partial charge in [0.1, 0.15) is 11.6 Å². The quantitative estimate of drug-likeness (QED) is 0.851. The van der Waals surface area contributed by atoms with Crippen molar-refractivity contribution in [3.8, 4) is 17.3 Å².